The van der Waals surface area contributed by atoms with Crippen LogP contribution in [-0.2, 0) is 24.3 Å². The lowest BCUT2D eigenvalue weighted by Gasteiger charge is -2.27. The van der Waals surface area contributed by atoms with Crippen LogP contribution in [0.3, 0.4) is 0 Å². The number of halogens is 1. The molecule has 0 fully saturated rings. The van der Waals surface area contributed by atoms with Gasteiger partial charge in [-0.15, -0.1) is 0 Å². The summed E-state index contributed by atoms with van der Waals surface area (Å²) in [5.74, 6) is -0.241. The summed E-state index contributed by atoms with van der Waals surface area (Å²) in [6.45, 7) is 1.39. The van der Waals surface area contributed by atoms with Crippen molar-refractivity contribution in [1.29, 1.82) is 0 Å². The van der Waals surface area contributed by atoms with Gasteiger partial charge < -0.3 is 20.5 Å². The number of aromatic nitrogens is 2. The van der Waals surface area contributed by atoms with Crippen LogP contribution in [0, 0.1) is 0 Å². The maximum atomic E-state index is 12.4. The highest BCUT2D eigenvalue weighted by atomic mass is 35.5. The lowest BCUT2D eigenvalue weighted by atomic mass is 10.0. The normalized spacial score (nSPS) is 13.2. The molecule has 1 aliphatic rings. The van der Waals surface area contributed by atoms with Crippen LogP contribution >= 0.6 is 11.6 Å². The Balaban J connectivity index is 1.31. The predicted octanol–water partition coefficient (Wildman–Crippen LogP) is 2.60. The lowest BCUT2D eigenvalue weighted by molar-refractivity contribution is -0.120. The van der Waals surface area contributed by atoms with Crippen LogP contribution in [0.4, 0.5) is 4.79 Å². The maximum absolute atomic E-state index is 12.4. The zero-order valence-corrected chi connectivity index (χ0v) is 15.9. The van der Waals surface area contributed by atoms with Crippen LogP contribution in [0.1, 0.15) is 16.8 Å². The van der Waals surface area contributed by atoms with Gasteiger partial charge in [0.25, 0.3) is 0 Å². The molecule has 0 spiro atoms. The van der Waals surface area contributed by atoms with Crippen molar-refractivity contribution >= 4 is 34.4 Å². The Hall–Kier alpha value is -3.06. The molecule has 7 nitrogen and oxygen atoms in total. The number of nitrogens with zero attached hydrogens (tertiary/aromatic N) is 2. The third-order valence-corrected chi connectivity index (χ3v) is 5.07. The summed E-state index contributed by atoms with van der Waals surface area (Å²) in [6.07, 6.45) is 4.12. The van der Waals surface area contributed by atoms with E-state index in [2.05, 4.69) is 20.6 Å². The molecule has 0 saturated carbocycles. The van der Waals surface area contributed by atoms with E-state index in [0.717, 1.165) is 28.6 Å². The molecular weight excluding hydrogens is 378 g/mol. The number of H-pyrrole nitrogens is 1. The Morgan fingerprint density at radius 2 is 2.14 bits per heavy atom. The van der Waals surface area contributed by atoms with Crippen LogP contribution in [0.25, 0.3) is 10.9 Å². The number of nitrogens with one attached hydrogen (secondary N) is 3. The lowest BCUT2D eigenvalue weighted by Crippen LogP contribution is -2.46. The molecule has 3 heterocycles. The summed E-state index contributed by atoms with van der Waals surface area (Å²) >= 11 is 6.10. The minimum Gasteiger partial charge on any atom is -0.357 e. The predicted molar refractivity (Wildman–Crippen MR) is 107 cm³/mol. The number of rotatable bonds is 4. The first-order valence-corrected chi connectivity index (χ1v) is 9.45. The molecule has 4 rings (SSSR count). The number of hydrogen-bond acceptors (Lipinski definition) is 3. The third kappa shape index (κ3) is 3.94. The molecule has 0 unspecified atom stereocenters. The highest BCUT2D eigenvalue weighted by Gasteiger charge is 2.24. The fraction of sp³-hybridized carbons (Fsp3) is 0.250. The zero-order chi connectivity index (χ0) is 19.5. The van der Waals surface area contributed by atoms with E-state index >= 15 is 0 Å². The molecule has 28 heavy (non-hydrogen) atoms. The summed E-state index contributed by atoms with van der Waals surface area (Å²) in [7, 11) is 0. The molecule has 0 saturated heterocycles. The Morgan fingerprint density at radius 3 is 2.96 bits per heavy atom. The van der Waals surface area contributed by atoms with Gasteiger partial charge in [0.05, 0.1) is 13.1 Å². The SMILES string of the molecule is O=C(CNC(=O)N1CCc2c([nH]c3ccc(Cl)cc23)C1)NCc1cccnc1. The van der Waals surface area contributed by atoms with Crippen molar-refractivity contribution in [3.05, 3.63) is 64.6 Å². The van der Waals surface area contributed by atoms with Gasteiger partial charge >= 0.3 is 6.03 Å². The maximum Gasteiger partial charge on any atom is 0.318 e. The van der Waals surface area contributed by atoms with E-state index in [4.69, 9.17) is 11.6 Å². The van der Waals surface area contributed by atoms with E-state index in [0.29, 0.717) is 24.7 Å². The van der Waals surface area contributed by atoms with E-state index in [1.807, 2.05) is 30.3 Å². The zero-order valence-electron chi connectivity index (χ0n) is 15.2. The molecule has 0 atom stereocenters. The second-order valence-electron chi connectivity index (χ2n) is 6.74. The average Bonchev–Trinajstić information content (AvgIpc) is 3.08. The topological polar surface area (TPSA) is 90.1 Å². The van der Waals surface area contributed by atoms with E-state index < -0.39 is 0 Å². The molecule has 1 aliphatic heterocycles. The number of pyridine rings is 1. The van der Waals surface area contributed by atoms with Crippen LogP contribution in [0.5, 0.6) is 0 Å². The molecule has 144 valence electrons. The molecule has 0 aliphatic carbocycles. The van der Waals surface area contributed by atoms with Crippen molar-refractivity contribution in [3.8, 4) is 0 Å². The molecule has 3 N–H and O–H groups in total. The minimum absolute atomic E-state index is 0.0647. The monoisotopic (exact) mass is 397 g/mol. The van der Waals surface area contributed by atoms with Crippen molar-refractivity contribution in [1.82, 2.24) is 25.5 Å². The summed E-state index contributed by atoms with van der Waals surface area (Å²) in [6, 6.07) is 9.19. The number of benzene rings is 1. The van der Waals surface area contributed by atoms with Gasteiger partial charge in [0.15, 0.2) is 0 Å². The molecule has 2 aromatic heterocycles. The fourth-order valence-electron chi connectivity index (χ4n) is 3.42. The first kappa shape index (κ1) is 18.3. The van der Waals surface area contributed by atoms with Crippen molar-refractivity contribution in [2.45, 2.75) is 19.5 Å². The summed E-state index contributed by atoms with van der Waals surface area (Å²) in [5, 5.41) is 7.26. The number of aromatic amines is 1. The van der Waals surface area contributed by atoms with Crippen LogP contribution in [0.15, 0.2) is 42.7 Å². The van der Waals surface area contributed by atoms with Crippen LogP contribution < -0.4 is 10.6 Å². The highest BCUT2D eigenvalue weighted by molar-refractivity contribution is 6.31. The molecule has 0 bridgehead atoms. The Bertz CT molecular complexity index is 1020. The van der Waals surface area contributed by atoms with Crippen molar-refractivity contribution in [2.75, 3.05) is 13.1 Å². The smallest absolute Gasteiger partial charge is 0.318 e. The number of urea groups is 1. The first-order chi connectivity index (χ1) is 13.6. The van der Waals surface area contributed by atoms with Crippen LogP contribution in [-0.4, -0.2) is 39.9 Å². The molecule has 3 aromatic rings. The minimum atomic E-state index is -0.251. The molecule has 8 heteroatoms. The van der Waals surface area contributed by atoms with Gasteiger partial charge in [-0.05, 0) is 41.8 Å². The Kier molecular flexibility index (Phi) is 5.16. The van der Waals surface area contributed by atoms with Crippen molar-refractivity contribution in [3.63, 3.8) is 0 Å². The van der Waals surface area contributed by atoms with E-state index in [1.165, 1.54) is 5.56 Å². The highest BCUT2D eigenvalue weighted by Crippen LogP contribution is 2.29. The second kappa shape index (κ2) is 7.90. The second-order valence-corrected chi connectivity index (χ2v) is 7.18. The number of carbonyl (C=O) groups excluding carboxylic acids is 2. The van der Waals surface area contributed by atoms with Gasteiger partial charge in [0, 0.05) is 47.1 Å². The number of hydrogen-bond donors (Lipinski definition) is 3. The molecule has 3 amide bonds. The summed E-state index contributed by atoms with van der Waals surface area (Å²) in [4.78, 5) is 33.5. The summed E-state index contributed by atoms with van der Waals surface area (Å²) in [5.41, 5.74) is 4.14. The van der Waals surface area contributed by atoms with Gasteiger partial charge in [-0.3, -0.25) is 9.78 Å². The van der Waals surface area contributed by atoms with E-state index in [-0.39, 0.29) is 18.5 Å². The molecule has 0 radical (unpaired) electrons. The van der Waals surface area contributed by atoms with Gasteiger partial charge in [-0.1, -0.05) is 17.7 Å². The third-order valence-electron chi connectivity index (χ3n) is 4.84. The number of carbonyl (C=O) groups is 2. The summed E-state index contributed by atoms with van der Waals surface area (Å²) < 4.78 is 0. The standard InChI is InChI=1S/C20H20ClN5O2/c21-14-3-4-17-16(8-14)15-5-7-26(12-18(15)25-17)20(28)24-11-19(27)23-10-13-2-1-6-22-9-13/h1-4,6,8-9,25H,5,7,10-12H2,(H,23,27)(H,24,28). The van der Waals surface area contributed by atoms with Crippen molar-refractivity contribution in [2.24, 2.45) is 0 Å². The van der Waals surface area contributed by atoms with Gasteiger partial charge in [-0.25, -0.2) is 4.79 Å². The van der Waals surface area contributed by atoms with Crippen LogP contribution in [0.2, 0.25) is 5.02 Å². The number of amides is 3. The fourth-order valence-corrected chi connectivity index (χ4v) is 3.59. The quantitative estimate of drug-likeness (QED) is 0.632. The largest absolute Gasteiger partial charge is 0.357 e. The van der Waals surface area contributed by atoms with E-state index in [1.54, 1.807) is 17.3 Å². The Labute approximate surface area is 167 Å². The molecule has 1 aromatic carbocycles. The number of fused-ring (bicyclic) bond motifs is 3. The van der Waals surface area contributed by atoms with Crippen molar-refractivity contribution < 1.29 is 9.59 Å². The average molecular weight is 398 g/mol. The first-order valence-electron chi connectivity index (χ1n) is 9.07. The van der Waals surface area contributed by atoms with Gasteiger partial charge in [-0.2, -0.15) is 0 Å². The van der Waals surface area contributed by atoms with Gasteiger partial charge in [0.1, 0.15) is 0 Å². The van der Waals surface area contributed by atoms with Gasteiger partial charge in [0.2, 0.25) is 5.91 Å². The molecular formula is C20H20ClN5O2. The Morgan fingerprint density at radius 1 is 1.25 bits per heavy atom. The van der Waals surface area contributed by atoms with E-state index in [9.17, 15) is 9.59 Å².